The highest BCUT2D eigenvalue weighted by atomic mass is 16.4. The number of carbonyl (C=O) groups is 2. The lowest BCUT2D eigenvalue weighted by atomic mass is 10.1. The molecule has 18 heavy (non-hydrogen) atoms. The van der Waals surface area contributed by atoms with Crippen LogP contribution in [-0.4, -0.2) is 28.1 Å². The normalized spacial score (nSPS) is 11.3. The number of aromatic hydroxyl groups is 1. The Kier molecular flexibility index (Phi) is 4.76. The van der Waals surface area contributed by atoms with Gasteiger partial charge in [0, 0.05) is 6.42 Å². The molecule has 1 rings (SSSR count). The van der Waals surface area contributed by atoms with E-state index >= 15 is 0 Å². The van der Waals surface area contributed by atoms with Crippen molar-refractivity contribution in [3.63, 3.8) is 0 Å². The molecule has 0 aromatic heterocycles. The van der Waals surface area contributed by atoms with E-state index in [2.05, 4.69) is 11.2 Å². The molecular formula is C13H13NO4. The first-order valence-corrected chi connectivity index (χ1v) is 5.26. The third kappa shape index (κ3) is 4.18. The van der Waals surface area contributed by atoms with Gasteiger partial charge in [0.1, 0.15) is 11.8 Å². The molecule has 0 aliphatic rings. The van der Waals surface area contributed by atoms with Crippen LogP contribution < -0.4 is 5.32 Å². The molecule has 1 unspecified atom stereocenters. The quantitative estimate of drug-likeness (QED) is 0.662. The van der Waals surface area contributed by atoms with Crippen molar-refractivity contribution in [3.05, 3.63) is 29.8 Å². The number of carboxylic acids is 1. The minimum Gasteiger partial charge on any atom is -0.508 e. The number of rotatable bonds is 5. The molecule has 0 fully saturated rings. The first-order valence-electron chi connectivity index (χ1n) is 5.26. The van der Waals surface area contributed by atoms with E-state index in [1.807, 2.05) is 0 Å². The molecule has 1 aromatic rings. The van der Waals surface area contributed by atoms with Crippen molar-refractivity contribution in [2.75, 3.05) is 0 Å². The third-order valence-electron chi connectivity index (χ3n) is 2.27. The summed E-state index contributed by atoms with van der Waals surface area (Å²) in [6, 6.07) is 5.07. The predicted octanol–water partition coefficient (Wildman–Crippen LogP) is 0.527. The predicted molar refractivity (Wildman–Crippen MR) is 64.8 cm³/mol. The number of carboxylic acid groups (broad SMARTS) is 1. The number of hydrogen-bond acceptors (Lipinski definition) is 3. The summed E-state index contributed by atoms with van der Waals surface area (Å²) in [5.41, 5.74) is 0.696. The Bertz CT molecular complexity index is 473. The molecule has 0 spiro atoms. The van der Waals surface area contributed by atoms with Gasteiger partial charge in [0.05, 0.1) is 6.42 Å². The minimum absolute atomic E-state index is 0.0991. The second-order valence-electron chi connectivity index (χ2n) is 3.71. The number of hydrogen-bond donors (Lipinski definition) is 3. The molecule has 94 valence electrons. The number of aliphatic carboxylic acids is 1. The molecule has 5 heteroatoms. The molecule has 3 N–H and O–H groups in total. The Hall–Kier alpha value is -2.48. The second-order valence-corrected chi connectivity index (χ2v) is 3.71. The maximum absolute atomic E-state index is 11.2. The summed E-state index contributed by atoms with van der Waals surface area (Å²) in [7, 11) is 0. The maximum Gasteiger partial charge on any atom is 0.326 e. The number of nitrogens with one attached hydrogen (secondary N) is 1. The van der Waals surface area contributed by atoms with Gasteiger partial charge < -0.3 is 15.5 Å². The van der Waals surface area contributed by atoms with E-state index in [0.29, 0.717) is 5.56 Å². The van der Waals surface area contributed by atoms with Crippen LogP contribution in [0.1, 0.15) is 12.0 Å². The Labute approximate surface area is 104 Å². The monoisotopic (exact) mass is 247 g/mol. The minimum atomic E-state index is -1.13. The van der Waals surface area contributed by atoms with Crippen molar-refractivity contribution in [1.82, 2.24) is 5.32 Å². The lowest BCUT2D eigenvalue weighted by molar-refractivity contribution is -0.141. The average molecular weight is 247 g/mol. The van der Waals surface area contributed by atoms with Gasteiger partial charge in [-0.2, -0.15) is 0 Å². The number of phenols is 1. The molecular weight excluding hydrogens is 234 g/mol. The summed E-state index contributed by atoms with van der Waals surface area (Å²) < 4.78 is 0. The standard InChI is InChI=1S/C13H13NO4/c1-2-3-12(16)14-11(13(17)18)8-9-4-6-10(15)7-5-9/h1,4-7,11,15H,3,8H2,(H,14,16)(H,17,18). The molecule has 1 aromatic carbocycles. The van der Waals surface area contributed by atoms with Gasteiger partial charge in [-0.05, 0) is 17.7 Å². The Morgan fingerprint density at radius 2 is 1.94 bits per heavy atom. The van der Waals surface area contributed by atoms with E-state index in [4.69, 9.17) is 16.6 Å². The molecule has 5 nitrogen and oxygen atoms in total. The molecule has 1 amide bonds. The fourth-order valence-corrected chi connectivity index (χ4v) is 1.41. The van der Waals surface area contributed by atoms with E-state index < -0.39 is 17.9 Å². The van der Waals surface area contributed by atoms with Crippen molar-refractivity contribution in [2.24, 2.45) is 0 Å². The zero-order valence-corrected chi connectivity index (χ0v) is 9.59. The highest BCUT2D eigenvalue weighted by Crippen LogP contribution is 2.11. The highest BCUT2D eigenvalue weighted by Gasteiger charge is 2.19. The Balaban J connectivity index is 2.69. The summed E-state index contributed by atoms with van der Waals surface area (Å²) in [6.07, 6.45) is 4.94. The number of amides is 1. The number of phenolic OH excluding ortho intramolecular Hbond substituents is 1. The third-order valence-corrected chi connectivity index (χ3v) is 2.27. The number of carbonyl (C=O) groups excluding carboxylic acids is 1. The highest BCUT2D eigenvalue weighted by molar-refractivity contribution is 5.84. The van der Waals surface area contributed by atoms with Crippen molar-refractivity contribution in [3.8, 4) is 18.1 Å². The van der Waals surface area contributed by atoms with Gasteiger partial charge in [0.2, 0.25) is 5.91 Å². The van der Waals surface area contributed by atoms with E-state index in [9.17, 15) is 9.59 Å². The molecule has 0 bridgehead atoms. The van der Waals surface area contributed by atoms with Gasteiger partial charge in [-0.3, -0.25) is 4.79 Å². The fourth-order valence-electron chi connectivity index (χ4n) is 1.41. The lowest BCUT2D eigenvalue weighted by Crippen LogP contribution is -2.42. The van der Waals surface area contributed by atoms with Gasteiger partial charge in [0.25, 0.3) is 0 Å². The number of benzene rings is 1. The Morgan fingerprint density at radius 1 is 1.33 bits per heavy atom. The Morgan fingerprint density at radius 3 is 2.44 bits per heavy atom. The van der Waals surface area contributed by atoms with E-state index in [1.165, 1.54) is 12.1 Å². The molecule has 0 saturated carbocycles. The van der Waals surface area contributed by atoms with Gasteiger partial charge in [-0.15, -0.1) is 6.42 Å². The SMILES string of the molecule is C#CCC(=O)NC(Cc1ccc(O)cc1)C(=O)O. The molecule has 0 aliphatic heterocycles. The van der Waals surface area contributed by atoms with Crippen LogP contribution in [0.25, 0.3) is 0 Å². The first kappa shape index (κ1) is 13.6. The first-order chi connectivity index (χ1) is 8.52. The zero-order chi connectivity index (χ0) is 13.5. The van der Waals surface area contributed by atoms with Crippen LogP contribution >= 0.6 is 0 Å². The maximum atomic E-state index is 11.2. The zero-order valence-electron chi connectivity index (χ0n) is 9.59. The summed E-state index contributed by atoms with van der Waals surface area (Å²) in [6.45, 7) is 0. The largest absolute Gasteiger partial charge is 0.508 e. The molecule has 1 atom stereocenters. The van der Waals surface area contributed by atoms with E-state index in [-0.39, 0.29) is 18.6 Å². The lowest BCUT2D eigenvalue weighted by Gasteiger charge is -2.13. The average Bonchev–Trinajstić information content (AvgIpc) is 2.31. The van der Waals surface area contributed by atoms with Crippen molar-refractivity contribution in [1.29, 1.82) is 0 Å². The van der Waals surface area contributed by atoms with Crippen LogP contribution in [0, 0.1) is 12.3 Å². The van der Waals surface area contributed by atoms with E-state index in [0.717, 1.165) is 0 Å². The second kappa shape index (κ2) is 6.30. The van der Waals surface area contributed by atoms with Crippen LogP contribution in [0.15, 0.2) is 24.3 Å². The molecule has 0 radical (unpaired) electrons. The summed E-state index contributed by atoms with van der Waals surface area (Å²) >= 11 is 0. The number of terminal acetylenes is 1. The van der Waals surface area contributed by atoms with Crippen LogP contribution in [-0.2, 0) is 16.0 Å². The molecule has 0 heterocycles. The van der Waals surface area contributed by atoms with Crippen LogP contribution in [0.5, 0.6) is 5.75 Å². The topological polar surface area (TPSA) is 86.6 Å². The van der Waals surface area contributed by atoms with Gasteiger partial charge in [0.15, 0.2) is 0 Å². The van der Waals surface area contributed by atoms with Gasteiger partial charge >= 0.3 is 5.97 Å². The smallest absolute Gasteiger partial charge is 0.326 e. The summed E-state index contributed by atoms with van der Waals surface area (Å²) in [4.78, 5) is 22.2. The van der Waals surface area contributed by atoms with Crippen molar-refractivity contribution < 1.29 is 19.8 Å². The summed E-state index contributed by atoms with van der Waals surface area (Å²) in [5.74, 6) is 0.616. The van der Waals surface area contributed by atoms with Gasteiger partial charge in [-0.1, -0.05) is 18.1 Å². The van der Waals surface area contributed by atoms with Crippen LogP contribution in [0.4, 0.5) is 0 Å². The fraction of sp³-hybridized carbons (Fsp3) is 0.231. The summed E-state index contributed by atoms with van der Waals surface area (Å²) in [5, 5.41) is 20.4. The van der Waals surface area contributed by atoms with Crippen molar-refractivity contribution >= 4 is 11.9 Å². The van der Waals surface area contributed by atoms with Crippen LogP contribution in [0.2, 0.25) is 0 Å². The van der Waals surface area contributed by atoms with Crippen LogP contribution in [0.3, 0.4) is 0 Å². The van der Waals surface area contributed by atoms with E-state index in [1.54, 1.807) is 12.1 Å². The van der Waals surface area contributed by atoms with Crippen molar-refractivity contribution in [2.45, 2.75) is 18.9 Å². The van der Waals surface area contributed by atoms with Gasteiger partial charge in [-0.25, -0.2) is 4.79 Å². The molecule has 0 saturated heterocycles. The molecule has 0 aliphatic carbocycles.